The second kappa shape index (κ2) is 11.2. The highest BCUT2D eigenvalue weighted by Gasteiger charge is 2.30. The molecule has 0 amide bonds. The monoisotopic (exact) mass is 552 g/mol. The molecule has 3 aliphatic rings. The van der Waals surface area contributed by atoms with E-state index in [1.165, 1.54) is 43.8 Å². The summed E-state index contributed by atoms with van der Waals surface area (Å²) in [4.78, 5) is 0. The standard InChI is InChI=1S/C41H32N2/c1-27-3-6-29(7-4-27)8-11-31-14-16-33-17-18-34-19-20-35-21-22-36-15-5-28(2)41(40(36)39(35)38(34)37(33)25-31)43-24-23-30-9-12-32(26-42)13-10-30/h3-6,9-10,12-13,15,17-22,25,29,33,37,43H,7,14,16H2,1-2H3. The molecule has 4 aromatic rings. The van der Waals surface area contributed by atoms with E-state index in [2.05, 4.69) is 122 Å². The van der Waals surface area contributed by atoms with Crippen LogP contribution in [0.2, 0.25) is 0 Å². The zero-order valence-electron chi connectivity index (χ0n) is 24.5. The fourth-order valence-electron chi connectivity index (χ4n) is 6.63. The highest BCUT2D eigenvalue weighted by molar-refractivity contribution is 6.16. The molecule has 3 unspecified atom stereocenters. The van der Waals surface area contributed by atoms with Crippen molar-refractivity contribution in [3.8, 4) is 29.9 Å². The van der Waals surface area contributed by atoms with Gasteiger partial charge in [0, 0.05) is 28.8 Å². The number of fused-ring (bicyclic) bond motifs is 7. The summed E-state index contributed by atoms with van der Waals surface area (Å²) in [7, 11) is 0. The Morgan fingerprint density at radius 1 is 0.814 bits per heavy atom. The third-order valence-electron chi connectivity index (χ3n) is 9.01. The lowest BCUT2D eigenvalue weighted by molar-refractivity contribution is 0.511. The number of allylic oxidation sites excluding steroid dienone is 7. The van der Waals surface area contributed by atoms with E-state index < -0.39 is 0 Å². The van der Waals surface area contributed by atoms with E-state index in [1.54, 1.807) is 12.1 Å². The van der Waals surface area contributed by atoms with Gasteiger partial charge in [0.15, 0.2) is 0 Å². The number of nitriles is 1. The van der Waals surface area contributed by atoms with Crippen molar-refractivity contribution in [3.63, 3.8) is 0 Å². The predicted octanol–water partition coefficient (Wildman–Crippen LogP) is 9.57. The van der Waals surface area contributed by atoms with Crippen molar-refractivity contribution >= 4 is 33.3 Å². The minimum atomic E-state index is 0.287. The fourth-order valence-corrected chi connectivity index (χ4v) is 6.63. The Labute approximate surface area is 254 Å². The van der Waals surface area contributed by atoms with Crippen LogP contribution in [0.5, 0.6) is 0 Å². The van der Waals surface area contributed by atoms with E-state index in [4.69, 9.17) is 5.26 Å². The summed E-state index contributed by atoms with van der Waals surface area (Å²) in [6.45, 7) is 4.29. The van der Waals surface area contributed by atoms with Gasteiger partial charge in [-0.05, 0) is 108 Å². The summed E-state index contributed by atoms with van der Waals surface area (Å²) >= 11 is 0. The second-order valence-electron chi connectivity index (χ2n) is 11.8. The lowest BCUT2D eigenvalue weighted by atomic mass is 9.71. The van der Waals surface area contributed by atoms with Crippen LogP contribution in [-0.2, 0) is 0 Å². The molecule has 3 atom stereocenters. The summed E-state index contributed by atoms with van der Waals surface area (Å²) in [5, 5.41) is 17.6. The van der Waals surface area contributed by atoms with Crippen molar-refractivity contribution in [2.75, 3.05) is 5.32 Å². The molecule has 206 valence electrons. The SMILES string of the molecule is CC1=CCC(C#CC2=CC3c4c(ccc5ccc6ccc(C)c(NC#Cc7ccc(C#N)cc7)c6c45)C=CC3CC2)C=C1. The fraction of sp³-hybridized carbons (Fsp3) is 0.195. The van der Waals surface area contributed by atoms with E-state index in [9.17, 15) is 0 Å². The number of hydrogen-bond donors (Lipinski definition) is 1. The van der Waals surface area contributed by atoms with Gasteiger partial charge in [-0.2, -0.15) is 5.26 Å². The molecule has 3 aliphatic carbocycles. The Hall–Kier alpha value is -5.23. The van der Waals surface area contributed by atoms with Crippen LogP contribution in [0.25, 0.3) is 27.6 Å². The van der Waals surface area contributed by atoms with Crippen LogP contribution in [0, 0.1) is 53.9 Å². The molecule has 43 heavy (non-hydrogen) atoms. The molecular formula is C41H32N2. The highest BCUT2D eigenvalue weighted by Crippen LogP contribution is 2.47. The summed E-state index contributed by atoms with van der Waals surface area (Å²) < 4.78 is 0. The number of anilines is 1. The lowest BCUT2D eigenvalue weighted by Gasteiger charge is -2.33. The van der Waals surface area contributed by atoms with E-state index in [0.29, 0.717) is 17.4 Å². The van der Waals surface area contributed by atoms with Crippen molar-refractivity contribution in [3.05, 3.63) is 130 Å². The summed E-state index contributed by atoms with van der Waals surface area (Å²) in [6, 6.07) is 26.2. The molecule has 2 heteroatoms. The van der Waals surface area contributed by atoms with Gasteiger partial charge >= 0.3 is 0 Å². The van der Waals surface area contributed by atoms with Crippen LogP contribution in [-0.4, -0.2) is 0 Å². The van der Waals surface area contributed by atoms with Gasteiger partial charge < -0.3 is 5.32 Å². The number of hydrogen-bond acceptors (Lipinski definition) is 2. The van der Waals surface area contributed by atoms with Crippen LogP contribution in [0.15, 0.2) is 102 Å². The molecule has 0 saturated carbocycles. The van der Waals surface area contributed by atoms with Gasteiger partial charge in [-0.15, -0.1) is 0 Å². The maximum Gasteiger partial charge on any atom is 0.0991 e. The first-order valence-corrected chi connectivity index (χ1v) is 15.1. The van der Waals surface area contributed by atoms with Crippen molar-refractivity contribution in [2.45, 2.75) is 39.0 Å². The molecule has 0 radical (unpaired) electrons. The molecule has 0 fully saturated rings. The third-order valence-corrected chi connectivity index (χ3v) is 9.01. The number of nitrogens with zero attached hydrogens (tertiary/aromatic N) is 1. The number of rotatable bonds is 1. The zero-order valence-corrected chi connectivity index (χ0v) is 24.5. The van der Waals surface area contributed by atoms with Crippen LogP contribution in [0.1, 0.15) is 59.9 Å². The summed E-state index contributed by atoms with van der Waals surface area (Å²) in [6.07, 6.45) is 17.1. The van der Waals surface area contributed by atoms with Gasteiger partial charge in [0.25, 0.3) is 0 Å². The quantitative estimate of drug-likeness (QED) is 0.145. The molecule has 2 nitrogen and oxygen atoms in total. The van der Waals surface area contributed by atoms with Gasteiger partial charge in [0.2, 0.25) is 0 Å². The van der Waals surface area contributed by atoms with Crippen LogP contribution in [0.4, 0.5) is 5.69 Å². The Bertz CT molecular complexity index is 2070. The second-order valence-corrected chi connectivity index (χ2v) is 11.8. The minimum absolute atomic E-state index is 0.287. The number of aryl methyl sites for hydroxylation is 1. The Balaban J connectivity index is 1.34. The highest BCUT2D eigenvalue weighted by atomic mass is 14.8. The molecule has 0 heterocycles. The molecule has 0 saturated heterocycles. The average molecular weight is 553 g/mol. The third kappa shape index (κ3) is 5.17. The first-order chi connectivity index (χ1) is 21.1. The van der Waals surface area contributed by atoms with Crippen LogP contribution < -0.4 is 5.32 Å². The van der Waals surface area contributed by atoms with Crippen molar-refractivity contribution in [1.82, 2.24) is 0 Å². The molecular weight excluding hydrogens is 520 g/mol. The Kier molecular flexibility index (Phi) is 6.95. The van der Waals surface area contributed by atoms with Gasteiger partial charge in [-0.1, -0.05) is 90.3 Å². The minimum Gasteiger partial charge on any atom is -0.314 e. The van der Waals surface area contributed by atoms with Crippen molar-refractivity contribution in [1.29, 1.82) is 5.26 Å². The van der Waals surface area contributed by atoms with Gasteiger partial charge in [0.05, 0.1) is 17.3 Å². The van der Waals surface area contributed by atoms with E-state index in [0.717, 1.165) is 36.1 Å². The Morgan fingerprint density at radius 2 is 1.58 bits per heavy atom. The predicted molar refractivity (Wildman–Crippen MR) is 179 cm³/mol. The molecule has 0 spiro atoms. The van der Waals surface area contributed by atoms with Crippen LogP contribution in [0.3, 0.4) is 0 Å². The molecule has 4 aromatic carbocycles. The zero-order chi connectivity index (χ0) is 29.3. The first kappa shape index (κ1) is 26.7. The number of benzene rings is 4. The van der Waals surface area contributed by atoms with Crippen molar-refractivity contribution in [2.24, 2.45) is 11.8 Å². The maximum absolute atomic E-state index is 9.11. The normalized spacial score (nSPS) is 20.0. The van der Waals surface area contributed by atoms with E-state index >= 15 is 0 Å². The van der Waals surface area contributed by atoms with E-state index in [-0.39, 0.29) is 5.92 Å². The topological polar surface area (TPSA) is 35.8 Å². The maximum atomic E-state index is 9.11. The van der Waals surface area contributed by atoms with Gasteiger partial charge in [0.1, 0.15) is 0 Å². The van der Waals surface area contributed by atoms with Gasteiger partial charge in [-0.25, -0.2) is 0 Å². The summed E-state index contributed by atoms with van der Waals surface area (Å²) in [5.74, 6) is 11.4. The molecule has 0 bridgehead atoms. The average Bonchev–Trinajstić information content (AvgIpc) is 3.05. The summed E-state index contributed by atoms with van der Waals surface area (Å²) in [5.41, 5.74) is 9.00. The van der Waals surface area contributed by atoms with Crippen molar-refractivity contribution < 1.29 is 0 Å². The Morgan fingerprint density at radius 3 is 2.37 bits per heavy atom. The largest absolute Gasteiger partial charge is 0.314 e. The number of nitrogens with one attached hydrogen (secondary N) is 1. The molecule has 7 rings (SSSR count). The smallest absolute Gasteiger partial charge is 0.0991 e. The molecule has 0 aliphatic heterocycles. The molecule has 0 aromatic heterocycles. The first-order valence-electron chi connectivity index (χ1n) is 15.1. The van der Waals surface area contributed by atoms with Gasteiger partial charge in [-0.3, -0.25) is 0 Å². The van der Waals surface area contributed by atoms with E-state index in [1.807, 2.05) is 12.1 Å². The molecule has 1 N–H and O–H groups in total. The van der Waals surface area contributed by atoms with Crippen LogP contribution >= 0.6 is 0 Å². The lowest BCUT2D eigenvalue weighted by Crippen LogP contribution is -2.18.